The second kappa shape index (κ2) is 5.37. The molecule has 4 heteroatoms. The Labute approximate surface area is 128 Å². The van der Waals surface area contributed by atoms with E-state index in [9.17, 15) is 0 Å². The van der Waals surface area contributed by atoms with Crippen LogP contribution in [-0.4, -0.2) is 11.5 Å². The van der Waals surface area contributed by atoms with Gasteiger partial charge in [0.05, 0.1) is 0 Å². The van der Waals surface area contributed by atoms with Gasteiger partial charge in [-0.1, -0.05) is 19.9 Å². The van der Waals surface area contributed by atoms with E-state index in [-0.39, 0.29) is 5.41 Å². The van der Waals surface area contributed by atoms with Gasteiger partial charge in [-0.05, 0) is 29.6 Å². The standard InChI is InChI=1S/C17H19N3S/c1-17(2,16-4-3-9-21-16)11-20-15-6-5-14(18)12-7-8-19-10-13(12)15/h3-10,20H,11,18H2,1-2H3. The quantitative estimate of drug-likeness (QED) is 0.707. The van der Waals surface area contributed by atoms with E-state index in [1.165, 1.54) is 4.88 Å². The predicted molar refractivity (Wildman–Crippen MR) is 92.0 cm³/mol. The highest BCUT2D eigenvalue weighted by Crippen LogP contribution is 2.31. The lowest BCUT2D eigenvalue weighted by Gasteiger charge is -2.25. The molecule has 0 saturated heterocycles. The molecule has 0 amide bonds. The van der Waals surface area contributed by atoms with Crippen LogP contribution in [0.25, 0.3) is 10.8 Å². The normalized spacial score (nSPS) is 11.7. The van der Waals surface area contributed by atoms with Crippen molar-refractivity contribution >= 4 is 33.5 Å². The number of benzene rings is 1. The van der Waals surface area contributed by atoms with Gasteiger partial charge in [-0.25, -0.2) is 0 Å². The SMILES string of the molecule is CC(C)(CNc1ccc(N)c2ccncc12)c1cccs1. The summed E-state index contributed by atoms with van der Waals surface area (Å²) in [5.74, 6) is 0. The molecule has 3 aromatic rings. The maximum atomic E-state index is 6.03. The van der Waals surface area contributed by atoms with Gasteiger partial charge in [0.25, 0.3) is 0 Å². The van der Waals surface area contributed by atoms with Gasteiger partial charge in [-0.15, -0.1) is 11.3 Å². The molecule has 3 rings (SSSR count). The fourth-order valence-corrected chi connectivity index (χ4v) is 3.29. The summed E-state index contributed by atoms with van der Waals surface area (Å²) in [5, 5.41) is 7.79. The van der Waals surface area contributed by atoms with Crippen LogP contribution in [0.15, 0.2) is 48.1 Å². The van der Waals surface area contributed by atoms with Crippen molar-refractivity contribution in [1.29, 1.82) is 0 Å². The monoisotopic (exact) mass is 297 g/mol. The molecule has 3 nitrogen and oxygen atoms in total. The summed E-state index contributed by atoms with van der Waals surface area (Å²) in [6.07, 6.45) is 3.64. The molecule has 2 aromatic heterocycles. The first-order valence-electron chi connectivity index (χ1n) is 6.98. The van der Waals surface area contributed by atoms with Crippen molar-refractivity contribution in [2.75, 3.05) is 17.6 Å². The van der Waals surface area contributed by atoms with Crippen LogP contribution in [0.3, 0.4) is 0 Å². The molecule has 3 N–H and O–H groups in total. The van der Waals surface area contributed by atoms with E-state index in [2.05, 4.69) is 41.7 Å². The van der Waals surface area contributed by atoms with Gasteiger partial charge >= 0.3 is 0 Å². The van der Waals surface area contributed by atoms with Crippen molar-refractivity contribution in [2.24, 2.45) is 0 Å². The van der Waals surface area contributed by atoms with Crippen LogP contribution in [0.4, 0.5) is 11.4 Å². The minimum absolute atomic E-state index is 0.0874. The Morgan fingerprint density at radius 1 is 1.19 bits per heavy atom. The molecular weight excluding hydrogens is 278 g/mol. The number of aromatic nitrogens is 1. The van der Waals surface area contributed by atoms with Crippen LogP contribution in [0.5, 0.6) is 0 Å². The minimum Gasteiger partial charge on any atom is -0.398 e. The lowest BCUT2D eigenvalue weighted by Crippen LogP contribution is -2.26. The number of thiophene rings is 1. The summed E-state index contributed by atoms with van der Waals surface area (Å²) < 4.78 is 0. The van der Waals surface area contributed by atoms with Crippen molar-refractivity contribution in [3.8, 4) is 0 Å². The number of anilines is 2. The molecule has 1 aromatic carbocycles. The highest BCUT2D eigenvalue weighted by Gasteiger charge is 2.21. The number of pyridine rings is 1. The van der Waals surface area contributed by atoms with Crippen LogP contribution >= 0.6 is 11.3 Å². The van der Waals surface area contributed by atoms with Gasteiger partial charge in [0, 0.05) is 51.4 Å². The molecule has 0 fully saturated rings. The largest absolute Gasteiger partial charge is 0.398 e. The number of nitrogens with one attached hydrogen (secondary N) is 1. The van der Waals surface area contributed by atoms with Crippen LogP contribution in [-0.2, 0) is 5.41 Å². The third-order valence-corrected chi connectivity index (χ3v) is 5.00. The van der Waals surface area contributed by atoms with E-state index < -0.39 is 0 Å². The lowest BCUT2D eigenvalue weighted by atomic mass is 9.91. The molecule has 21 heavy (non-hydrogen) atoms. The number of rotatable bonds is 4. The van der Waals surface area contributed by atoms with E-state index in [1.54, 1.807) is 17.5 Å². The van der Waals surface area contributed by atoms with Crippen molar-refractivity contribution < 1.29 is 0 Å². The molecular formula is C17H19N3S. The van der Waals surface area contributed by atoms with E-state index >= 15 is 0 Å². The van der Waals surface area contributed by atoms with Gasteiger partial charge in [0.15, 0.2) is 0 Å². The summed E-state index contributed by atoms with van der Waals surface area (Å²) in [6.45, 7) is 5.37. The van der Waals surface area contributed by atoms with E-state index in [4.69, 9.17) is 5.73 Å². The molecule has 108 valence electrons. The predicted octanol–water partition coefficient (Wildman–Crippen LogP) is 4.27. The first-order chi connectivity index (χ1) is 10.1. The van der Waals surface area contributed by atoms with Gasteiger partial charge in [-0.2, -0.15) is 0 Å². The number of nitrogens with two attached hydrogens (primary N) is 1. The van der Waals surface area contributed by atoms with Crippen LogP contribution < -0.4 is 11.1 Å². The van der Waals surface area contributed by atoms with Crippen LogP contribution in [0.2, 0.25) is 0 Å². The second-order valence-corrected chi connectivity index (χ2v) is 6.79. The van der Waals surface area contributed by atoms with Gasteiger partial charge < -0.3 is 11.1 Å². The Balaban J connectivity index is 1.88. The summed E-state index contributed by atoms with van der Waals surface area (Å²) >= 11 is 1.80. The van der Waals surface area contributed by atoms with E-state index in [0.717, 1.165) is 28.7 Å². The molecule has 2 heterocycles. The average Bonchev–Trinajstić information content (AvgIpc) is 3.02. The van der Waals surface area contributed by atoms with Gasteiger partial charge in [-0.3, -0.25) is 4.98 Å². The van der Waals surface area contributed by atoms with Gasteiger partial charge in [0.2, 0.25) is 0 Å². The molecule has 0 radical (unpaired) electrons. The molecule has 0 spiro atoms. The zero-order valence-electron chi connectivity index (χ0n) is 12.3. The topological polar surface area (TPSA) is 50.9 Å². The van der Waals surface area contributed by atoms with Crippen molar-refractivity contribution in [2.45, 2.75) is 19.3 Å². The number of nitrogens with zero attached hydrogens (tertiary/aromatic N) is 1. The third-order valence-electron chi connectivity index (χ3n) is 3.76. The summed E-state index contributed by atoms with van der Waals surface area (Å²) in [4.78, 5) is 5.60. The zero-order chi connectivity index (χ0) is 14.9. The maximum Gasteiger partial charge on any atom is 0.0437 e. The highest BCUT2D eigenvalue weighted by molar-refractivity contribution is 7.10. The molecule has 0 aliphatic rings. The number of fused-ring (bicyclic) bond motifs is 1. The average molecular weight is 297 g/mol. The Morgan fingerprint density at radius 3 is 2.81 bits per heavy atom. The fraction of sp³-hybridized carbons (Fsp3) is 0.235. The minimum atomic E-state index is 0.0874. The molecule has 0 aliphatic carbocycles. The molecule has 0 bridgehead atoms. The second-order valence-electron chi connectivity index (χ2n) is 5.84. The molecule has 0 unspecified atom stereocenters. The van der Waals surface area contributed by atoms with Gasteiger partial charge in [0.1, 0.15) is 0 Å². The highest BCUT2D eigenvalue weighted by atomic mass is 32.1. The maximum absolute atomic E-state index is 6.03. The number of nitrogen functional groups attached to an aromatic ring is 1. The fourth-order valence-electron chi connectivity index (χ4n) is 2.43. The Morgan fingerprint density at radius 2 is 2.05 bits per heavy atom. The van der Waals surface area contributed by atoms with E-state index in [1.807, 2.05) is 24.4 Å². The van der Waals surface area contributed by atoms with Crippen LogP contribution in [0, 0.1) is 0 Å². The molecule has 0 saturated carbocycles. The molecule has 0 atom stereocenters. The Kier molecular flexibility index (Phi) is 3.55. The Bertz CT molecular complexity index is 748. The van der Waals surface area contributed by atoms with Crippen molar-refractivity contribution in [3.63, 3.8) is 0 Å². The summed E-state index contributed by atoms with van der Waals surface area (Å²) in [6, 6.07) is 10.2. The third kappa shape index (κ3) is 2.72. The van der Waals surface area contributed by atoms with E-state index in [0.29, 0.717) is 0 Å². The Hall–Kier alpha value is -2.07. The zero-order valence-corrected chi connectivity index (χ0v) is 13.1. The first kappa shape index (κ1) is 13.9. The van der Waals surface area contributed by atoms with Crippen LogP contribution in [0.1, 0.15) is 18.7 Å². The smallest absolute Gasteiger partial charge is 0.0437 e. The van der Waals surface area contributed by atoms with Crippen molar-refractivity contribution in [3.05, 3.63) is 53.0 Å². The lowest BCUT2D eigenvalue weighted by molar-refractivity contribution is 0.569. The first-order valence-corrected chi connectivity index (χ1v) is 7.86. The number of hydrogen-bond acceptors (Lipinski definition) is 4. The summed E-state index contributed by atoms with van der Waals surface area (Å²) in [5.41, 5.74) is 7.99. The van der Waals surface area contributed by atoms with Crippen molar-refractivity contribution in [1.82, 2.24) is 4.98 Å². The number of hydrogen-bond donors (Lipinski definition) is 2. The summed E-state index contributed by atoms with van der Waals surface area (Å²) in [7, 11) is 0. The molecule has 0 aliphatic heterocycles.